The van der Waals surface area contributed by atoms with E-state index >= 15 is 0 Å². The van der Waals surface area contributed by atoms with E-state index in [4.69, 9.17) is 16.0 Å². The fourth-order valence-corrected chi connectivity index (χ4v) is 2.89. The van der Waals surface area contributed by atoms with E-state index in [1.807, 2.05) is 6.92 Å². The predicted molar refractivity (Wildman–Crippen MR) is 73.5 cm³/mol. The zero-order chi connectivity index (χ0) is 12.9. The number of furan rings is 1. The highest BCUT2D eigenvalue weighted by Crippen LogP contribution is 2.37. The van der Waals surface area contributed by atoms with E-state index < -0.39 is 5.82 Å². The minimum atomic E-state index is -0.409. The number of hydrogen-bond donors (Lipinski definition) is 1. The van der Waals surface area contributed by atoms with Gasteiger partial charge in [-0.3, -0.25) is 0 Å². The first kappa shape index (κ1) is 12.5. The Hall–Kier alpha value is -0.580. The molecule has 1 saturated carbocycles. The molecule has 1 fully saturated rings. The van der Waals surface area contributed by atoms with Gasteiger partial charge in [-0.25, -0.2) is 4.39 Å². The fraction of sp³-hybridized carbons (Fsp3) is 0.385. The van der Waals surface area contributed by atoms with Crippen molar-refractivity contribution < 1.29 is 8.81 Å². The Labute approximate surface area is 118 Å². The second kappa shape index (κ2) is 4.51. The third kappa shape index (κ3) is 2.06. The minimum Gasteiger partial charge on any atom is -0.458 e. The van der Waals surface area contributed by atoms with Crippen LogP contribution in [0.25, 0.3) is 11.0 Å². The van der Waals surface area contributed by atoms with Crippen molar-refractivity contribution >= 4 is 38.5 Å². The van der Waals surface area contributed by atoms with Crippen molar-refractivity contribution in [2.24, 2.45) is 0 Å². The molecule has 0 saturated heterocycles. The number of hydrogen-bond acceptors (Lipinski definition) is 2. The van der Waals surface area contributed by atoms with Gasteiger partial charge in [-0.05, 0) is 41.8 Å². The Bertz CT molecular complexity index is 621. The molecule has 5 heteroatoms. The largest absolute Gasteiger partial charge is 0.458 e. The molecule has 0 bridgehead atoms. The molecule has 1 aromatic carbocycles. The second-order valence-electron chi connectivity index (χ2n) is 4.66. The summed E-state index contributed by atoms with van der Waals surface area (Å²) in [5.41, 5.74) is 1.35. The lowest BCUT2D eigenvalue weighted by atomic mass is 10.1. The van der Waals surface area contributed by atoms with Crippen LogP contribution in [0.1, 0.15) is 24.2 Å². The van der Waals surface area contributed by atoms with E-state index in [0.717, 1.165) is 11.3 Å². The number of halogens is 3. The van der Waals surface area contributed by atoms with Crippen LogP contribution in [0.5, 0.6) is 0 Å². The van der Waals surface area contributed by atoms with Crippen LogP contribution < -0.4 is 5.32 Å². The van der Waals surface area contributed by atoms with Gasteiger partial charge in [0.1, 0.15) is 5.76 Å². The standard InChI is InChI=1S/C13H12BrClFNO/c1-6-10(5-17-7-2-3-7)18-13-8(14)4-9(15)12(16)11(6)13/h4,7,17H,2-3,5H2,1H3. The van der Waals surface area contributed by atoms with Crippen LogP contribution in [0.4, 0.5) is 4.39 Å². The summed E-state index contributed by atoms with van der Waals surface area (Å²) in [5.74, 6) is 0.368. The lowest BCUT2D eigenvalue weighted by Crippen LogP contribution is -2.15. The molecule has 1 heterocycles. The average Bonchev–Trinajstić information content (AvgIpc) is 3.09. The fourth-order valence-electron chi connectivity index (χ4n) is 2.05. The van der Waals surface area contributed by atoms with E-state index in [1.165, 1.54) is 18.9 Å². The van der Waals surface area contributed by atoms with Gasteiger partial charge in [0, 0.05) is 11.6 Å². The Morgan fingerprint density at radius 2 is 2.28 bits per heavy atom. The molecule has 0 aliphatic heterocycles. The van der Waals surface area contributed by atoms with Crippen molar-refractivity contribution in [1.82, 2.24) is 5.32 Å². The highest BCUT2D eigenvalue weighted by atomic mass is 79.9. The van der Waals surface area contributed by atoms with Crippen molar-refractivity contribution in [1.29, 1.82) is 0 Å². The first-order chi connectivity index (χ1) is 8.58. The van der Waals surface area contributed by atoms with Gasteiger partial charge >= 0.3 is 0 Å². The first-order valence-corrected chi connectivity index (χ1v) is 7.04. The number of nitrogens with one attached hydrogen (secondary N) is 1. The van der Waals surface area contributed by atoms with Crippen LogP contribution in [0, 0.1) is 12.7 Å². The maximum atomic E-state index is 14.0. The van der Waals surface area contributed by atoms with Crippen LogP contribution in [0.3, 0.4) is 0 Å². The van der Waals surface area contributed by atoms with Crippen LogP contribution in [0.15, 0.2) is 15.0 Å². The molecule has 18 heavy (non-hydrogen) atoms. The quantitative estimate of drug-likeness (QED) is 0.834. The molecule has 1 aromatic heterocycles. The summed E-state index contributed by atoms with van der Waals surface area (Å²) in [5, 5.41) is 3.95. The van der Waals surface area contributed by atoms with Crippen molar-refractivity contribution in [3.8, 4) is 0 Å². The van der Waals surface area contributed by atoms with Crippen LogP contribution >= 0.6 is 27.5 Å². The monoisotopic (exact) mass is 331 g/mol. The highest BCUT2D eigenvalue weighted by molar-refractivity contribution is 9.10. The molecule has 0 spiro atoms. The average molecular weight is 333 g/mol. The number of fused-ring (bicyclic) bond motifs is 1. The molecular weight excluding hydrogens is 321 g/mol. The first-order valence-electron chi connectivity index (χ1n) is 5.86. The van der Waals surface area contributed by atoms with Gasteiger partial charge in [-0.1, -0.05) is 11.6 Å². The molecule has 3 rings (SSSR count). The van der Waals surface area contributed by atoms with Crippen molar-refractivity contribution in [2.45, 2.75) is 32.4 Å². The summed E-state index contributed by atoms with van der Waals surface area (Å²) in [7, 11) is 0. The second-order valence-corrected chi connectivity index (χ2v) is 5.93. The zero-order valence-corrected chi connectivity index (χ0v) is 12.2. The van der Waals surface area contributed by atoms with Crippen LogP contribution in [0.2, 0.25) is 5.02 Å². The summed E-state index contributed by atoms with van der Waals surface area (Å²) < 4.78 is 20.5. The van der Waals surface area contributed by atoms with E-state index in [9.17, 15) is 4.39 Å². The van der Waals surface area contributed by atoms with E-state index in [1.54, 1.807) is 0 Å². The predicted octanol–water partition coefficient (Wildman–Crippen LogP) is 4.55. The zero-order valence-electron chi connectivity index (χ0n) is 9.82. The molecular formula is C13H12BrClFNO. The molecule has 2 nitrogen and oxygen atoms in total. The lowest BCUT2D eigenvalue weighted by Gasteiger charge is -1.99. The van der Waals surface area contributed by atoms with Crippen molar-refractivity contribution in [3.63, 3.8) is 0 Å². The summed E-state index contributed by atoms with van der Waals surface area (Å²) in [6.45, 7) is 2.50. The van der Waals surface area contributed by atoms with E-state index in [0.29, 0.717) is 28.0 Å². The van der Waals surface area contributed by atoms with E-state index in [-0.39, 0.29) is 5.02 Å². The molecule has 96 valence electrons. The Kier molecular flexibility index (Phi) is 3.12. The SMILES string of the molecule is Cc1c(CNC2CC2)oc2c(Br)cc(Cl)c(F)c12. The van der Waals surface area contributed by atoms with Gasteiger partial charge in [0.15, 0.2) is 11.4 Å². The molecule has 0 amide bonds. The van der Waals surface area contributed by atoms with Crippen molar-refractivity contribution in [2.75, 3.05) is 0 Å². The van der Waals surface area contributed by atoms with Gasteiger partial charge in [-0.15, -0.1) is 0 Å². The molecule has 0 unspecified atom stereocenters. The van der Waals surface area contributed by atoms with Crippen LogP contribution in [-0.2, 0) is 6.54 Å². The molecule has 1 N–H and O–H groups in total. The molecule has 1 aliphatic carbocycles. The Balaban J connectivity index is 2.08. The summed E-state index contributed by atoms with van der Waals surface area (Å²) in [6, 6.07) is 2.12. The normalized spacial score (nSPS) is 15.6. The summed E-state index contributed by atoms with van der Waals surface area (Å²) in [4.78, 5) is 0. The lowest BCUT2D eigenvalue weighted by molar-refractivity contribution is 0.508. The van der Waals surface area contributed by atoms with Crippen LogP contribution in [-0.4, -0.2) is 6.04 Å². The van der Waals surface area contributed by atoms with Gasteiger partial charge in [0.2, 0.25) is 0 Å². The number of rotatable bonds is 3. The highest BCUT2D eigenvalue weighted by Gasteiger charge is 2.23. The summed E-state index contributed by atoms with van der Waals surface area (Å²) >= 11 is 9.21. The molecule has 1 aliphatic rings. The van der Waals surface area contributed by atoms with Gasteiger partial charge < -0.3 is 9.73 Å². The maximum Gasteiger partial charge on any atom is 0.153 e. The third-order valence-corrected chi connectivity index (χ3v) is 4.14. The number of aryl methyl sites for hydroxylation is 1. The Morgan fingerprint density at radius 1 is 1.56 bits per heavy atom. The van der Waals surface area contributed by atoms with Gasteiger partial charge in [-0.2, -0.15) is 0 Å². The molecule has 2 aromatic rings. The maximum absolute atomic E-state index is 14.0. The topological polar surface area (TPSA) is 25.2 Å². The number of benzene rings is 1. The summed E-state index contributed by atoms with van der Waals surface area (Å²) in [6.07, 6.45) is 2.42. The third-order valence-electron chi connectivity index (χ3n) is 3.27. The smallest absolute Gasteiger partial charge is 0.153 e. The van der Waals surface area contributed by atoms with E-state index in [2.05, 4.69) is 21.2 Å². The molecule has 0 atom stereocenters. The van der Waals surface area contributed by atoms with Gasteiger partial charge in [0.05, 0.1) is 21.4 Å². The Morgan fingerprint density at radius 3 is 2.94 bits per heavy atom. The van der Waals surface area contributed by atoms with Gasteiger partial charge in [0.25, 0.3) is 0 Å². The minimum absolute atomic E-state index is 0.111. The van der Waals surface area contributed by atoms with Crippen molar-refractivity contribution in [3.05, 3.63) is 32.7 Å². The molecule has 0 radical (unpaired) electrons.